The van der Waals surface area contributed by atoms with Crippen molar-refractivity contribution in [2.45, 2.75) is 16.7 Å². The fourth-order valence-corrected chi connectivity index (χ4v) is 2.81. The van der Waals surface area contributed by atoms with Crippen LogP contribution in [0.15, 0.2) is 46.2 Å². The van der Waals surface area contributed by atoms with Gasteiger partial charge in [-0.25, -0.2) is 0 Å². The number of carbonyl (C=O) groups excluding carboxylic acids is 1. The Bertz CT molecular complexity index is 596. The molecule has 2 rings (SSSR count). The second-order valence-corrected chi connectivity index (χ2v) is 5.77. The number of aldehydes is 1. The van der Waals surface area contributed by atoms with Gasteiger partial charge in [0.05, 0.1) is 10.0 Å². The molecular formula is C14H10Cl2OS. The highest BCUT2D eigenvalue weighted by atomic mass is 35.5. The van der Waals surface area contributed by atoms with Crippen LogP contribution in [0.5, 0.6) is 0 Å². The van der Waals surface area contributed by atoms with Gasteiger partial charge in [0.2, 0.25) is 0 Å². The van der Waals surface area contributed by atoms with Crippen LogP contribution in [-0.2, 0) is 0 Å². The highest BCUT2D eigenvalue weighted by Crippen LogP contribution is 2.34. The van der Waals surface area contributed by atoms with Gasteiger partial charge in [-0.2, -0.15) is 0 Å². The number of rotatable bonds is 3. The summed E-state index contributed by atoms with van der Waals surface area (Å²) in [5.74, 6) is 0. The molecule has 0 bridgehead atoms. The molecule has 0 aromatic heterocycles. The summed E-state index contributed by atoms with van der Waals surface area (Å²) in [6, 6.07) is 11.2. The molecule has 0 aliphatic rings. The fourth-order valence-electron chi connectivity index (χ4n) is 1.52. The second kappa shape index (κ2) is 5.79. The molecule has 0 saturated heterocycles. The molecule has 0 aliphatic carbocycles. The summed E-state index contributed by atoms with van der Waals surface area (Å²) in [6.07, 6.45) is 0.868. The molecule has 0 radical (unpaired) electrons. The first kappa shape index (κ1) is 13.5. The summed E-state index contributed by atoms with van der Waals surface area (Å²) in [5.41, 5.74) is 1.75. The molecule has 0 saturated carbocycles. The highest BCUT2D eigenvalue weighted by Gasteiger charge is 2.06. The Morgan fingerprint density at radius 1 is 1.06 bits per heavy atom. The van der Waals surface area contributed by atoms with E-state index in [0.717, 1.165) is 21.6 Å². The van der Waals surface area contributed by atoms with Crippen LogP contribution in [0.1, 0.15) is 15.9 Å². The number of carbonyl (C=O) groups is 1. The van der Waals surface area contributed by atoms with E-state index in [1.54, 1.807) is 12.1 Å². The molecule has 0 fully saturated rings. The summed E-state index contributed by atoms with van der Waals surface area (Å²) in [6.45, 7) is 1.96. The van der Waals surface area contributed by atoms with E-state index in [1.807, 2.05) is 31.2 Å². The molecule has 0 N–H and O–H groups in total. The quantitative estimate of drug-likeness (QED) is 0.718. The largest absolute Gasteiger partial charge is 0.298 e. The predicted octanol–water partition coefficient (Wildman–Crippen LogP) is 5.27. The molecule has 2 aromatic rings. The molecule has 2 aromatic carbocycles. The lowest BCUT2D eigenvalue weighted by Gasteiger charge is -2.06. The van der Waals surface area contributed by atoms with Crippen LogP contribution in [0.3, 0.4) is 0 Å². The normalized spacial score (nSPS) is 10.4. The van der Waals surface area contributed by atoms with Crippen molar-refractivity contribution in [2.75, 3.05) is 0 Å². The number of hydrogen-bond acceptors (Lipinski definition) is 2. The smallest absolute Gasteiger partial charge is 0.151 e. The Balaban J connectivity index is 2.33. The molecule has 18 heavy (non-hydrogen) atoms. The number of halogens is 2. The van der Waals surface area contributed by atoms with Crippen LogP contribution >= 0.6 is 35.0 Å². The van der Waals surface area contributed by atoms with Crippen molar-refractivity contribution in [3.05, 3.63) is 57.6 Å². The van der Waals surface area contributed by atoms with Crippen molar-refractivity contribution in [2.24, 2.45) is 0 Å². The van der Waals surface area contributed by atoms with Crippen LogP contribution in [0.2, 0.25) is 10.0 Å². The molecule has 4 heteroatoms. The predicted molar refractivity (Wildman–Crippen MR) is 77.2 cm³/mol. The molecular weight excluding hydrogens is 287 g/mol. The molecule has 1 nitrogen and oxygen atoms in total. The van der Waals surface area contributed by atoms with Crippen LogP contribution in [0.4, 0.5) is 0 Å². The molecule has 0 atom stereocenters. The summed E-state index contributed by atoms with van der Waals surface area (Å²) >= 11 is 13.3. The van der Waals surface area contributed by atoms with Crippen molar-refractivity contribution < 1.29 is 4.79 Å². The maximum absolute atomic E-state index is 11.0. The van der Waals surface area contributed by atoms with Gasteiger partial charge in [0.15, 0.2) is 6.29 Å². The van der Waals surface area contributed by atoms with Crippen molar-refractivity contribution in [3.63, 3.8) is 0 Å². The van der Waals surface area contributed by atoms with E-state index in [0.29, 0.717) is 15.6 Å². The van der Waals surface area contributed by atoms with Gasteiger partial charge < -0.3 is 0 Å². The van der Waals surface area contributed by atoms with Crippen molar-refractivity contribution in [3.8, 4) is 0 Å². The van der Waals surface area contributed by atoms with Gasteiger partial charge in [0.25, 0.3) is 0 Å². The van der Waals surface area contributed by atoms with Gasteiger partial charge in [-0.3, -0.25) is 4.79 Å². The zero-order chi connectivity index (χ0) is 13.1. The van der Waals surface area contributed by atoms with Crippen LogP contribution < -0.4 is 0 Å². The van der Waals surface area contributed by atoms with Gasteiger partial charge in [0.1, 0.15) is 0 Å². The molecule has 0 heterocycles. The van der Waals surface area contributed by atoms with Gasteiger partial charge in [-0.15, -0.1) is 0 Å². The standard InChI is InChI=1S/C14H10Cl2OS/c1-9-2-5-14(10(6-9)8-17)18-11-3-4-12(15)13(16)7-11/h2-8H,1H3. The average molecular weight is 297 g/mol. The second-order valence-electron chi connectivity index (χ2n) is 3.84. The van der Waals surface area contributed by atoms with E-state index in [1.165, 1.54) is 11.8 Å². The van der Waals surface area contributed by atoms with E-state index in [2.05, 4.69) is 0 Å². The monoisotopic (exact) mass is 296 g/mol. The SMILES string of the molecule is Cc1ccc(Sc2ccc(Cl)c(Cl)c2)c(C=O)c1. The topological polar surface area (TPSA) is 17.1 Å². The fraction of sp³-hybridized carbons (Fsp3) is 0.0714. The van der Waals surface area contributed by atoms with E-state index < -0.39 is 0 Å². The van der Waals surface area contributed by atoms with Crippen molar-refractivity contribution >= 4 is 41.2 Å². The van der Waals surface area contributed by atoms with Crippen LogP contribution in [-0.4, -0.2) is 6.29 Å². The molecule has 0 spiro atoms. The first-order valence-electron chi connectivity index (χ1n) is 5.29. The van der Waals surface area contributed by atoms with Crippen LogP contribution in [0, 0.1) is 6.92 Å². The van der Waals surface area contributed by atoms with Gasteiger partial charge >= 0.3 is 0 Å². The van der Waals surface area contributed by atoms with Crippen molar-refractivity contribution in [1.29, 1.82) is 0 Å². The van der Waals surface area contributed by atoms with Gasteiger partial charge in [0, 0.05) is 15.4 Å². The van der Waals surface area contributed by atoms with Crippen LogP contribution in [0.25, 0.3) is 0 Å². The highest BCUT2D eigenvalue weighted by molar-refractivity contribution is 7.99. The maximum atomic E-state index is 11.0. The third-order valence-corrected chi connectivity index (χ3v) is 4.23. The van der Waals surface area contributed by atoms with Gasteiger partial charge in [-0.1, -0.05) is 46.6 Å². The number of benzene rings is 2. The summed E-state index contributed by atoms with van der Waals surface area (Å²) in [7, 11) is 0. The number of aryl methyl sites for hydroxylation is 1. The van der Waals surface area contributed by atoms with E-state index in [4.69, 9.17) is 23.2 Å². The Morgan fingerprint density at radius 3 is 2.50 bits per heavy atom. The molecule has 0 amide bonds. The maximum Gasteiger partial charge on any atom is 0.151 e. The lowest BCUT2D eigenvalue weighted by atomic mass is 10.2. The van der Waals surface area contributed by atoms with E-state index in [9.17, 15) is 4.79 Å². The summed E-state index contributed by atoms with van der Waals surface area (Å²) in [4.78, 5) is 12.9. The summed E-state index contributed by atoms with van der Waals surface area (Å²) < 4.78 is 0. The first-order valence-corrected chi connectivity index (χ1v) is 6.86. The van der Waals surface area contributed by atoms with Crippen molar-refractivity contribution in [1.82, 2.24) is 0 Å². The third kappa shape index (κ3) is 3.08. The zero-order valence-corrected chi connectivity index (χ0v) is 11.9. The Kier molecular flexibility index (Phi) is 4.33. The lowest BCUT2D eigenvalue weighted by Crippen LogP contribution is -1.86. The lowest BCUT2D eigenvalue weighted by molar-refractivity contribution is 0.112. The number of hydrogen-bond donors (Lipinski definition) is 0. The van der Waals surface area contributed by atoms with E-state index >= 15 is 0 Å². The van der Waals surface area contributed by atoms with E-state index in [-0.39, 0.29) is 0 Å². The Morgan fingerprint density at radius 2 is 1.83 bits per heavy atom. The molecule has 0 aliphatic heterocycles. The first-order chi connectivity index (χ1) is 8.60. The van der Waals surface area contributed by atoms with Gasteiger partial charge in [-0.05, 0) is 37.3 Å². The minimum Gasteiger partial charge on any atom is -0.298 e. The molecule has 92 valence electrons. The average Bonchev–Trinajstić information content (AvgIpc) is 2.36. The Hall–Kier alpha value is -0.960. The minimum absolute atomic E-state index is 0.515. The summed E-state index contributed by atoms with van der Waals surface area (Å²) in [5, 5.41) is 1.04. The Labute approximate surface area is 120 Å². The minimum atomic E-state index is 0.515. The third-order valence-electron chi connectivity index (χ3n) is 2.41. The zero-order valence-electron chi connectivity index (χ0n) is 9.61. The molecule has 0 unspecified atom stereocenters.